The molecule has 100 valence electrons. The van der Waals surface area contributed by atoms with Crippen molar-refractivity contribution in [2.75, 3.05) is 6.54 Å². The summed E-state index contributed by atoms with van der Waals surface area (Å²) in [7, 11) is 0. The van der Waals surface area contributed by atoms with Crippen molar-refractivity contribution in [3.05, 3.63) is 23.0 Å². The lowest BCUT2D eigenvalue weighted by molar-refractivity contribution is 0.0940. The Labute approximate surface area is 113 Å². The Bertz CT molecular complexity index is 367. The van der Waals surface area contributed by atoms with Gasteiger partial charge >= 0.3 is 0 Å². The molecule has 0 saturated heterocycles. The fourth-order valence-corrected chi connectivity index (χ4v) is 1.81. The molecule has 4 nitrogen and oxygen atoms in total. The molecule has 0 radical (unpaired) electrons. The molecule has 0 saturated carbocycles. The summed E-state index contributed by atoms with van der Waals surface area (Å²) in [4.78, 5) is 11.8. The Balaban J connectivity index is 2.42. The van der Waals surface area contributed by atoms with Crippen molar-refractivity contribution in [2.24, 2.45) is 5.92 Å². The monoisotopic (exact) mass is 269 g/mol. The molecule has 1 rings (SSSR count). The summed E-state index contributed by atoms with van der Waals surface area (Å²) in [6.07, 6.45) is 4.62. The highest BCUT2D eigenvalue weighted by molar-refractivity contribution is 6.29. The van der Waals surface area contributed by atoms with E-state index in [1.807, 2.05) is 0 Å². The van der Waals surface area contributed by atoms with E-state index in [1.165, 1.54) is 12.8 Å². The lowest BCUT2D eigenvalue weighted by Gasteiger charge is -2.14. The van der Waals surface area contributed by atoms with Crippen LogP contribution in [0.5, 0.6) is 0 Å². The molecule has 18 heavy (non-hydrogen) atoms. The maximum Gasteiger partial charge on any atom is 0.271 e. The van der Waals surface area contributed by atoms with E-state index < -0.39 is 0 Å². The van der Waals surface area contributed by atoms with Gasteiger partial charge in [-0.15, -0.1) is 10.2 Å². The summed E-state index contributed by atoms with van der Waals surface area (Å²) in [6, 6.07) is 3.15. The second kappa shape index (κ2) is 8.03. The van der Waals surface area contributed by atoms with Crippen molar-refractivity contribution in [1.29, 1.82) is 0 Å². The van der Waals surface area contributed by atoms with Gasteiger partial charge in [0.2, 0.25) is 0 Å². The Morgan fingerprint density at radius 3 is 2.72 bits per heavy atom. The van der Waals surface area contributed by atoms with E-state index in [0.29, 0.717) is 23.3 Å². The fraction of sp³-hybridized carbons (Fsp3) is 0.615. The molecule has 0 fully saturated rings. The number of hydrogen-bond acceptors (Lipinski definition) is 3. The average Bonchev–Trinajstić information content (AvgIpc) is 2.39. The quantitative estimate of drug-likeness (QED) is 0.828. The highest BCUT2D eigenvalue weighted by Crippen LogP contribution is 2.11. The number of rotatable bonds is 7. The van der Waals surface area contributed by atoms with Crippen molar-refractivity contribution in [3.63, 3.8) is 0 Å². The highest BCUT2D eigenvalue weighted by atomic mass is 35.5. The molecule has 0 aliphatic rings. The third kappa shape index (κ3) is 5.00. The van der Waals surface area contributed by atoms with E-state index in [4.69, 9.17) is 11.6 Å². The zero-order chi connectivity index (χ0) is 13.4. The molecule has 1 N–H and O–H groups in total. The van der Waals surface area contributed by atoms with Crippen LogP contribution in [0.25, 0.3) is 0 Å². The molecule has 0 aliphatic heterocycles. The van der Waals surface area contributed by atoms with Gasteiger partial charge in [-0.1, -0.05) is 44.7 Å². The average molecular weight is 270 g/mol. The van der Waals surface area contributed by atoms with Crippen LogP contribution in [0.2, 0.25) is 5.15 Å². The van der Waals surface area contributed by atoms with Gasteiger partial charge in [-0.2, -0.15) is 0 Å². The molecule has 1 heterocycles. The Hall–Kier alpha value is -1.16. The molecule has 1 aromatic heterocycles. The van der Waals surface area contributed by atoms with Crippen molar-refractivity contribution in [2.45, 2.75) is 39.5 Å². The molecule has 0 bridgehead atoms. The minimum absolute atomic E-state index is 0.186. The highest BCUT2D eigenvalue weighted by Gasteiger charge is 2.11. The Morgan fingerprint density at radius 2 is 2.17 bits per heavy atom. The number of carbonyl (C=O) groups is 1. The number of halogens is 1. The molecular formula is C13H20ClN3O. The van der Waals surface area contributed by atoms with E-state index in [-0.39, 0.29) is 5.91 Å². The number of nitrogens with zero attached hydrogens (tertiary/aromatic N) is 2. The van der Waals surface area contributed by atoms with Crippen LogP contribution in [0.3, 0.4) is 0 Å². The van der Waals surface area contributed by atoms with Crippen LogP contribution in [0.15, 0.2) is 12.1 Å². The summed E-state index contributed by atoms with van der Waals surface area (Å²) < 4.78 is 0. The van der Waals surface area contributed by atoms with Crippen molar-refractivity contribution >= 4 is 17.5 Å². The smallest absolute Gasteiger partial charge is 0.271 e. The van der Waals surface area contributed by atoms with Gasteiger partial charge in [0, 0.05) is 6.54 Å². The number of aromatic nitrogens is 2. The summed E-state index contributed by atoms with van der Waals surface area (Å²) in [5.41, 5.74) is 0.310. The van der Waals surface area contributed by atoms with Gasteiger partial charge in [0.1, 0.15) is 0 Å². The topological polar surface area (TPSA) is 54.9 Å². The number of nitrogens with one attached hydrogen (secondary N) is 1. The van der Waals surface area contributed by atoms with Crippen LogP contribution in [0.1, 0.15) is 50.0 Å². The molecule has 0 aliphatic carbocycles. The van der Waals surface area contributed by atoms with Gasteiger partial charge in [0.25, 0.3) is 5.91 Å². The minimum Gasteiger partial charge on any atom is -0.350 e. The van der Waals surface area contributed by atoms with Crippen LogP contribution in [-0.4, -0.2) is 22.6 Å². The van der Waals surface area contributed by atoms with Crippen LogP contribution in [0, 0.1) is 5.92 Å². The van der Waals surface area contributed by atoms with E-state index in [0.717, 1.165) is 12.8 Å². The fourth-order valence-electron chi connectivity index (χ4n) is 1.71. The lowest BCUT2D eigenvalue weighted by atomic mass is 9.99. The van der Waals surface area contributed by atoms with E-state index in [9.17, 15) is 4.79 Å². The minimum atomic E-state index is -0.186. The third-order valence-corrected chi connectivity index (χ3v) is 3.16. The van der Waals surface area contributed by atoms with Gasteiger partial charge in [0.05, 0.1) is 0 Å². The van der Waals surface area contributed by atoms with Gasteiger partial charge in [0.15, 0.2) is 10.8 Å². The molecular weight excluding hydrogens is 250 g/mol. The van der Waals surface area contributed by atoms with Crippen molar-refractivity contribution in [3.8, 4) is 0 Å². The second-order valence-electron chi connectivity index (χ2n) is 4.37. The summed E-state index contributed by atoms with van der Waals surface area (Å²) >= 11 is 5.62. The predicted molar refractivity (Wildman–Crippen MR) is 72.7 cm³/mol. The first-order valence-corrected chi connectivity index (χ1v) is 6.82. The largest absolute Gasteiger partial charge is 0.350 e. The number of hydrogen-bond donors (Lipinski definition) is 1. The first-order valence-electron chi connectivity index (χ1n) is 6.44. The van der Waals surface area contributed by atoms with Crippen LogP contribution in [-0.2, 0) is 0 Å². The molecule has 5 heteroatoms. The molecule has 1 aromatic rings. The molecule has 0 aromatic carbocycles. The molecule has 1 unspecified atom stereocenters. The number of carbonyl (C=O) groups excluding carboxylic acids is 1. The summed E-state index contributed by atoms with van der Waals surface area (Å²) in [6.45, 7) is 5.02. The van der Waals surface area contributed by atoms with Crippen LogP contribution < -0.4 is 5.32 Å². The number of unbranched alkanes of at least 4 members (excludes halogenated alkanes) is 1. The Kier molecular flexibility index (Phi) is 6.65. The third-order valence-electron chi connectivity index (χ3n) is 2.96. The second-order valence-corrected chi connectivity index (χ2v) is 4.76. The molecule has 0 spiro atoms. The van der Waals surface area contributed by atoms with E-state index >= 15 is 0 Å². The van der Waals surface area contributed by atoms with Gasteiger partial charge in [-0.3, -0.25) is 4.79 Å². The van der Waals surface area contributed by atoms with Crippen LogP contribution in [0.4, 0.5) is 0 Å². The van der Waals surface area contributed by atoms with Crippen molar-refractivity contribution in [1.82, 2.24) is 15.5 Å². The predicted octanol–water partition coefficient (Wildman–Crippen LogP) is 3.08. The lowest BCUT2D eigenvalue weighted by Crippen LogP contribution is -2.30. The first-order chi connectivity index (χ1) is 8.67. The maximum atomic E-state index is 11.8. The zero-order valence-electron chi connectivity index (χ0n) is 10.9. The molecule has 1 atom stereocenters. The van der Waals surface area contributed by atoms with Gasteiger partial charge in [-0.05, 0) is 24.5 Å². The zero-order valence-corrected chi connectivity index (χ0v) is 11.7. The Morgan fingerprint density at radius 1 is 1.39 bits per heavy atom. The van der Waals surface area contributed by atoms with Crippen molar-refractivity contribution < 1.29 is 4.79 Å². The maximum absolute atomic E-state index is 11.8. The summed E-state index contributed by atoms with van der Waals surface area (Å²) in [5.74, 6) is 0.350. The van der Waals surface area contributed by atoms with E-state index in [2.05, 4.69) is 29.4 Å². The van der Waals surface area contributed by atoms with E-state index in [1.54, 1.807) is 12.1 Å². The normalized spacial score (nSPS) is 12.2. The standard InChI is InChI=1S/C13H20ClN3O/c1-3-5-6-10(4-2)9-15-13(18)11-7-8-12(14)17-16-11/h7-8,10H,3-6,9H2,1-2H3,(H,15,18). The molecule has 1 amide bonds. The summed E-state index contributed by atoms with van der Waals surface area (Å²) in [5, 5.41) is 10.6. The van der Waals surface area contributed by atoms with Gasteiger partial charge < -0.3 is 5.32 Å². The van der Waals surface area contributed by atoms with Crippen LogP contribution >= 0.6 is 11.6 Å². The van der Waals surface area contributed by atoms with Gasteiger partial charge in [-0.25, -0.2) is 0 Å². The first kappa shape index (κ1) is 14.9. The number of amides is 1. The SMILES string of the molecule is CCCCC(CC)CNC(=O)c1ccc(Cl)nn1.